The van der Waals surface area contributed by atoms with Gasteiger partial charge >= 0.3 is 5.97 Å². The molecule has 15 heavy (non-hydrogen) atoms. The van der Waals surface area contributed by atoms with E-state index in [0.717, 1.165) is 6.54 Å². The fourth-order valence-corrected chi connectivity index (χ4v) is 2.81. The van der Waals surface area contributed by atoms with Gasteiger partial charge in [-0.2, -0.15) is 0 Å². The number of nitrogens with one attached hydrogen (secondary N) is 1. The maximum Gasteiger partial charge on any atom is 0.323 e. The lowest BCUT2D eigenvalue weighted by atomic mass is 9.94. The monoisotopic (exact) mass is 211 g/mol. The average molecular weight is 211 g/mol. The summed E-state index contributed by atoms with van der Waals surface area (Å²) in [7, 11) is 0. The highest BCUT2D eigenvalue weighted by Crippen LogP contribution is 2.38. The summed E-state index contributed by atoms with van der Waals surface area (Å²) >= 11 is 0. The molecule has 2 rings (SSSR count). The van der Waals surface area contributed by atoms with Gasteiger partial charge in [-0.15, -0.1) is 0 Å². The van der Waals surface area contributed by atoms with Crippen LogP contribution in [0.25, 0.3) is 0 Å². The second-order valence-corrected chi connectivity index (χ2v) is 5.77. The van der Waals surface area contributed by atoms with Crippen LogP contribution >= 0.6 is 0 Å². The summed E-state index contributed by atoms with van der Waals surface area (Å²) in [6.07, 6.45) is 3.73. The van der Waals surface area contributed by atoms with Crippen LogP contribution in [-0.2, 0) is 9.53 Å². The first-order valence-electron chi connectivity index (χ1n) is 5.93. The summed E-state index contributed by atoms with van der Waals surface area (Å²) in [5, 5.41) is 3.31. The van der Waals surface area contributed by atoms with Crippen LogP contribution < -0.4 is 5.32 Å². The van der Waals surface area contributed by atoms with Gasteiger partial charge in [-0.1, -0.05) is 6.42 Å². The van der Waals surface area contributed by atoms with Crippen LogP contribution in [0.1, 0.15) is 40.0 Å². The predicted octanol–water partition coefficient (Wildman–Crippen LogP) is 1.72. The fraction of sp³-hybridized carbons (Fsp3) is 0.917. The fourth-order valence-electron chi connectivity index (χ4n) is 2.81. The molecule has 0 radical (unpaired) electrons. The van der Waals surface area contributed by atoms with Crippen molar-refractivity contribution in [2.45, 2.75) is 51.7 Å². The number of esters is 1. The zero-order chi connectivity index (χ0) is 11.1. The Morgan fingerprint density at radius 2 is 2.07 bits per heavy atom. The largest absolute Gasteiger partial charge is 0.459 e. The number of fused-ring (bicyclic) bond motifs is 1. The van der Waals surface area contributed by atoms with Crippen molar-refractivity contribution in [2.75, 3.05) is 6.54 Å². The average Bonchev–Trinajstić information content (AvgIpc) is 2.57. The third-order valence-corrected chi connectivity index (χ3v) is 3.41. The molecular weight excluding hydrogens is 190 g/mol. The molecule has 1 saturated heterocycles. The summed E-state index contributed by atoms with van der Waals surface area (Å²) in [4.78, 5) is 11.9. The standard InChI is InChI=1S/C12H21NO2/c1-12(2,3)15-11(14)10-9-6-4-5-8(9)7-13-10/h8-10,13H,4-7H2,1-3H3/t8-,9-,10?/m0/s1. The SMILES string of the molecule is CC(C)(C)OC(=O)C1NC[C@@H]2CCC[C@H]12. The molecule has 2 fully saturated rings. The van der Waals surface area contributed by atoms with E-state index in [-0.39, 0.29) is 17.6 Å². The molecule has 0 aromatic rings. The Hall–Kier alpha value is -0.570. The van der Waals surface area contributed by atoms with Crippen LogP contribution in [-0.4, -0.2) is 24.2 Å². The van der Waals surface area contributed by atoms with E-state index < -0.39 is 0 Å². The topological polar surface area (TPSA) is 38.3 Å². The van der Waals surface area contributed by atoms with Gasteiger partial charge in [0, 0.05) is 0 Å². The van der Waals surface area contributed by atoms with Gasteiger partial charge < -0.3 is 10.1 Å². The molecule has 1 heterocycles. The zero-order valence-electron chi connectivity index (χ0n) is 9.88. The number of hydrogen-bond donors (Lipinski definition) is 1. The van der Waals surface area contributed by atoms with Crippen LogP contribution in [0.2, 0.25) is 0 Å². The Morgan fingerprint density at radius 3 is 2.73 bits per heavy atom. The van der Waals surface area contributed by atoms with E-state index in [2.05, 4.69) is 5.32 Å². The first-order chi connectivity index (χ1) is 6.97. The van der Waals surface area contributed by atoms with Crippen molar-refractivity contribution in [1.29, 1.82) is 0 Å². The van der Waals surface area contributed by atoms with Crippen LogP contribution in [0.5, 0.6) is 0 Å². The van der Waals surface area contributed by atoms with Crippen molar-refractivity contribution in [3.05, 3.63) is 0 Å². The Morgan fingerprint density at radius 1 is 1.33 bits per heavy atom. The van der Waals surface area contributed by atoms with E-state index in [1.54, 1.807) is 0 Å². The van der Waals surface area contributed by atoms with Crippen molar-refractivity contribution in [3.63, 3.8) is 0 Å². The highest BCUT2D eigenvalue weighted by atomic mass is 16.6. The number of rotatable bonds is 1. The minimum absolute atomic E-state index is 0.0447. The maximum absolute atomic E-state index is 11.9. The lowest BCUT2D eigenvalue weighted by molar-refractivity contribution is -0.158. The molecule has 0 aromatic carbocycles. The van der Waals surface area contributed by atoms with Crippen molar-refractivity contribution in [1.82, 2.24) is 5.32 Å². The molecule has 1 unspecified atom stereocenters. The summed E-state index contributed by atoms with van der Waals surface area (Å²) in [5.41, 5.74) is -0.366. The van der Waals surface area contributed by atoms with Crippen LogP contribution in [0.15, 0.2) is 0 Å². The predicted molar refractivity (Wildman–Crippen MR) is 58.5 cm³/mol. The van der Waals surface area contributed by atoms with E-state index in [0.29, 0.717) is 11.8 Å². The molecule has 0 amide bonds. The molecule has 0 bridgehead atoms. The van der Waals surface area contributed by atoms with Crippen LogP contribution in [0, 0.1) is 11.8 Å². The van der Waals surface area contributed by atoms with E-state index in [9.17, 15) is 4.79 Å². The number of hydrogen-bond acceptors (Lipinski definition) is 3. The van der Waals surface area contributed by atoms with Gasteiger partial charge in [-0.25, -0.2) is 0 Å². The first-order valence-corrected chi connectivity index (χ1v) is 5.93. The molecule has 1 aliphatic carbocycles. The second kappa shape index (κ2) is 3.78. The minimum Gasteiger partial charge on any atom is -0.459 e. The summed E-state index contributed by atoms with van der Waals surface area (Å²) in [6.45, 7) is 6.76. The summed E-state index contributed by atoms with van der Waals surface area (Å²) in [5.74, 6) is 1.18. The number of carbonyl (C=O) groups excluding carboxylic acids is 1. The normalized spacial score (nSPS) is 35.3. The molecule has 1 N–H and O–H groups in total. The summed E-state index contributed by atoms with van der Waals surface area (Å²) < 4.78 is 5.43. The molecule has 0 aromatic heterocycles. The molecule has 0 spiro atoms. The van der Waals surface area contributed by atoms with Gasteiger partial charge in [0.2, 0.25) is 0 Å². The van der Waals surface area contributed by atoms with Gasteiger partial charge in [0.25, 0.3) is 0 Å². The van der Waals surface area contributed by atoms with E-state index in [1.807, 2.05) is 20.8 Å². The molecule has 2 aliphatic rings. The highest BCUT2D eigenvalue weighted by Gasteiger charge is 2.43. The summed E-state index contributed by atoms with van der Waals surface area (Å²) in [6, 6.07) is -0.0447. The quantitative estimate of drug-likeness (QED) is 0.671. The molecule has 1 saturated carbocycles. The van der Waals surface area contributed by atoms with Crippen molar-refractivity contribution >= 4 is 5.97 Å². The molecule has 3 heteroatoms. The van der Waals surface area contributed by atoms with Crippen LogP contribution in [0.3, 0.4) is 0 Å². The van der Waals surface area contributed by atoms with E-state index in [4.69, 9.17) is 4.74 Å². The Balaban J connectivity index is 1.96. The minimum atomic E-state index is -0.366. The molecular formula is C12H21NO2. The lowest BCUT2D eigenvalue weighted by Gasteiger charge is -2.24. The van der Waals surface area contributed by atoms with E-state index in [1.165, 1.54) is 19.3 Å². The van der Waals surface area contributed by atoms with Gasteiger partial charge in [0.1, 0.15) is 11.6 Å². The van der Waals surface area contributed by atoms with Crippen molar-refractivity contribution in [3.8, 4) is 0 Å². The Labute approximate surface area is 91.6 Å². The third-order valence-electron chi connectivity index (χ3n) is 3.41. The number of carbonyl (C=O) groups is 1. The van der Waals surface area contributed by atoms with Gasteiger partial charge in [0.05, 0.1) is 0 Å². The van der Waals surface area contributed by atoms with Crippen molar-refractivity contribution < 1.29 is 9.53 Å². The Kier molecular flexibility index (Phi) is 2.75. The highest BCUT2D eigenvalue weighted by molar-refractivity contribution is 5.77. The van der Waals surface area contributed by atoms with Gasteiger partial charge in [-0.3, -0.25) is 4.79 Å². The lowest BCUT2D eigenvalue weighted by Crippen LogP contribution is -2.40. The smallest absolute Gasteiger partial charge is 0.323 e. The van der Waals surface area contributed by atoms with Gasteiger partial charge in [-0.05, 0) is 52.0 Å². The zero-order valence-corrected chi connectivity index (χ0v) is 9.88. The maximum atomic E-state index is 11.9. The Bertz CT molecular complexity index is 257. The van der Waals surface area contributed by atoms with Gasteiger partial charge in [0.15, 0.2) is 0 Å². The molecule has 86 valence electrons. The molecule has 3 nitrogen and oxygen atoms in total. The van der Waals surface area contributed by atoms with E-state index >= 15 is 0 Å². The number of ether oxygens (including phenoxy) is 1. The first kappa shape index (κ1) is 10.9. The molecule has 1 aliphatic heterocycles. The van der Waals surface area contributed by atoms with Crippen LogP contribution in [0.4, 0.5) is 0 Å². The second-order valence-electron chi connectivity index (χ2n) is 5.77. The van der Waals surface area contributed by atoms with Crippen molar-refractivity contribution in [2.24, 2.45) is 11.8 Å². The molecule has 3 atom stereocenters. The third kappa shape index (κ3) is 2.33.